The third-order valence-corrected chi connectivity index (χ3v) is 4.42. The first-order valence-electron chi connectivity index (χ1n) is 7.38. The van der Waals surface area contributed by atoms with Crippen LogP contribution in [0.4, 0.5) is 0 Å². The fourth-order valence-electron chi connectivity index (χ4n) is 2.72. The normalized spacial score (nSPS) is 16.0. The Bertz CT molecular complexity index is 662. The highest BCUT2D eigenvalue weighted by atomic mass is 35.5. The van der Waals surface area contributed by atoms with E-state index in [2.05, 4.69) is 16.1 Å². The van der Waals surface area contributed by atoms with Gasteiger partial charge >= 0.3 is 0 Å². The van der Waals surface area contributed by atoms with Gasteiger partial charge in [-0.25, -0.2) is 0 Å². The van der Waals surface area contributed by atoms with Crippen LogP contribution >= 0.6 is 11.6 Å². The van der Waals surface area contributed by atoms with Crippen molar-refractivity contribution in [1.29, 1.82) is 0 Å². The van der Waals surface area contributed by atoms with Crippen LogP contribution in [0.3, 0.4) is 0 Å². The van der Waals surface area contributed by atoms with Crippen molar-refractivity contribution in [3.63, 3.8) is 0 Å². The van der Waals surface area contributed by atoms with E-state index in [-0.39, 0.29) is 5.91 Å². The molecule has 1 amide bonds. The molecule has 0 bridgehead atoms. The van der Waals surface area contributed by atoms with E-state index in [1.165, 1.54) is 0 Å². The van der Waals surface area contributed by atoms with E-state index in [1.54, 1.807) is 24.0 Å². The number of nitrogens with zero attached hydrogens (tertiary/aromatic N) is 4. The van der Waals surface area contributed by atoms with Gasteiger partial charge in [-0.3, -0.25) is 14.4 Å². The Hall–Kier alpha value is -1.85. The highest BCUT2D eigenvalue weighted by Crippen LogP contribution is 2.18. The summed E-state index contributed by atoms with van der Waals surface area (Å²) in [7, 11) is 1.79. The number of benzene rings is 1. The Morgan fingerprint density at radius 3 is 2.55 bits per heavy atom. The van der Waals surface area contributed by atoms with E-state index in [9.17, 15) is 4.79 Å². The van der Waals surface area contributed by atoms with Crippen molar-refractivity contribution < 1.29 is 4.79 Å². The lowest BCUT2D eigenvalue weighted by Gasteiger charge is -2.34. The Morgan fingerprint density at radius 1 is 1.18 bits per heavy atom. The predicted molar refractivity (Wildman–Crippen MR) is 85.8 cm³/mol. The Balaban J connectivity index is 1.58. The van der Waals surface area contributed by atoms with Gasteiger partial charge in [-0.05, 0) is 17.7 Å². The van der Waals surface area contributed by atoms with Gasteiger partial charge in [0.2, 0.25) is 0 Å². The predicted octanol–water partition coefficient (Wildman–Crippen LogP) is 2.03. The molecular weight excluding hydrogens is 300 g/mol. The second-order valence-corrected chi connectivity index (χ2v) is 5.91. The molecule has 1 aliphatic rings. The first kappa shape index (κ1) is 15.1. The summed E-state index contributed by atoms with van der Waals surface area (Å²) in [6.07, 6.45) is 1.65. The van der Waals surface area contributed by atoms with Crippen LogP contribution in [0.5, 0.6) is 0 Å². The SMILES string of the molecule is Cn1nccc1C(=O)N1CCN(Cc2ccccc2Cl)CC1. The number of carbonyl (C=O) groups excluding carboxylic acids is 1. The van der Waals surface area contributed by atoms with E-state index in [1.807, 2.05) is 23.1 Å². The molecule has 2 heterocycles. The molecule has 5 nitrogen and oxygen atoms in total. The minimum Gasteiger partial charge on any atom is -0.335 e. The van der Waals surface area contributed by atoms with Crippen LogP contribution < -0.4 is 0 Å². The summed E-state index contributed by atoms with van der Waals surface area (Å²) in [5, 5.41) is 4.86. The summed E-state index contributed by atoms with van der Waals surface area (Å²) in [5.74, 6) is 0.0531. The van der Waals surface area contributed by atoms with Crippen molar-refractivity contribution in [2.24, 2.45) is 7.05 Å². The summed E-state index contributed by atoms with van der Waals surface area (Å²) in [6, 6.07) is 9.67. The lowest BCUT2D eigenvalue weighted by molar-refractivity contribution is 0.0618. The van der Waals surface area contributed by atoms with Crippen molar-refractivity contribution in [3.05, 3.63) is 52.8 Å². The molecule has 1 saturated heterocycles. The molecule has 116 valence electrons. The topological polar surface area (TPSA) is 41.4 Å². The van der Waals surface area contributed by atoms with Crippen molar-refractivity contribution >= 4 is 17.5 Å². The van der Waals surface area contributed by atoms with Crippen LogP contribution in [-0.2, 0) is 13.6 Å². The van der Waals surface area contributed by atoms with Crippen molar-refractivity contribution in [1.82, 2.24) is 19.6 Å². The number of rotatable bonds is 3. The molecular formula is C16H19ClN4O. The summed E-state index contributed by atoms with van der Waals surface area (Å²) in [5.41, 5.74) is 1.77. The molecule has 1 aromatic carbocycles. The molecule has 2 aromatic rings. The molecule has 0 radical (unpaired) electrons. The number of hydrogen-bond donors (Lipinski definition) is 0. The average molecular weight is 319 g/mol. The Labute approximate surface area is 135 Å². The summed E-state index contributed by atoms with van der Waals surface area (Å²) < 4.78 is 1.62. The molecule has 1 fully saturated rings. The highest BCUT2D eigenvalue weighted by molar-refractivity contribution is 6.31. The maximum Gasteiger partial charge on any atom is 0.272 e. The van der Waals surface area contributed by atoms with Crippen LogP contribution in [0.1, 0.15) is 16.1 Å². The minimum absolute atomic E-state index is 0.0531. The monoisotopic (exact) mass is 318 g/mol. The number of aryl methyl sites for hydroxylation is 1. The van der Waals surface area contributed by atoms with Gasteiger partial charge in [0, 0.05) is 51.0 Å². The smallest absolute Gasteiger partial charge is 0.272 e. The molecule has 0 atom stereocenters. The Kier molecular flexibility index (Phi) is 4.45. The van der Waals surface area contributed by atoms with Gasteiger partial charge in [0.15, 0.2) is 0 Å². The quantitative estimate of drug-likeness (QED) is 0.869. The zero-order valence-corrected chi connectivity index (χ0v) is 13.3. The van der Waals surface area contributed by atoms with Crippen molar-refractivity contribution in [3.8, 4) is 0 Å². The molecule has 3 rings (SSSR count). The van der Waals surface area contributed by atoms with Gasteiger partial charge in [-0.15, -0.1) is 0 Å². The molecule has 1 aliphatic heterocycles. The van der Waals surface area contributed by atoms with Gasteiger partial charge in [0.1, 0.15) is 5.69 Å². The van der Waals surface area contributed by atoms with Crippen LogP contribution in [-0.4, -0.2) is 51.7 Å². The third-order valence-electron chi connectivity index (χ3n) is 4.05. The number of aromatic nitrogens is 2. The van der Waals surface area contributed by atoms with Crippen LogP contribution in [0.15, 0.2) is 36.5 Å². The molecule has 0 N–H and O–H groups in total. The third kappa shape index (κ3) is 3.15. The van der Waals surface area contributed by atoms with Gasteiger partial charge in [-0.1, -0.05) is 29.8 Å². The van der Waals surface area contributed by atoms with Crippen LogP contribution in [0.2, 0.25) is 5.02 Å². The van der Waals surface area contributed by atoms with E-state index in [0.717, 1.165) is 43.3 Å². The average Bonchev–Trinajstić information content (AvgIpc) is 2.96. The number of amides is 1. The lowest BCUT2D eigenvalue weighted by Crippen LogP contribution is -2.48. The van der Waals surface area contributed by atoms with E-state index in [0.29, 0.717) is 5.69 Å². The fourth-order valence-corrected chi connectivity index (χ4v) is 2.92. The van der Waals surface area contributed by atoms with Crippen LogP contribution in [0.25, 0.3) is 0 Å². The standard InChI is InChI=1S/C16H19ClN4O/c1-19-15(6-7-18-19)16(22)21-10-8-20(9-11-21)12-13-4-2-3-5-14(13)17/h2-7H,8-12H2,1H3. The van der Waals surface area contributed by atoms with Gasteiger partial charge in [0.05, 0.1) is 0 Å². The summed E-state index contributed by atoms with van der Waals surface area (Å²) >= 11 is 6.21. The second-order valence-electron chi connectivity index (χ2n) is 5.50. The van der Waals surface area contributed by atoms with Gasteiger partial charge in [-0.2, -0.15) is 5.10 Å². The number of piperazine rings is 1. The number of carbonyl (C=O) groups is 1. The highest BCUT2D eigenvalue weighted by Gasteiger charge is 2.24. The number of halogens is 1. The van der Waals surface area contributed by atoms with Crippen molar-refractivity contribution in [2.45, 2.75) is 6.54 Å². The van der Waals surface area contributed by atoms with Gasteiger partial charge < -0.3 is 4.90 Å². The summed E-state index contributed by atoms with van der Waals surface area (Å²) in [6.45, 7) is 4.00. The summed E-state index contributed by atoms with van der Waals surface area (Å²) in [4.78, 5) is 16.6. The molecule has 1 aromatic heterocycles. The second kappa shape index (κ2) is 6.50. The number of hydrogen-bond acceptors (Lipinski definition) is 3. The molecule has 6 heteroatoms. The van der Waals surface area contributed by atoms with Crippen molar-refractivity contribution in [2.75, 3.05) is 26.2 Å². The lowest BCUT2D eigenvalue weighted by atomic mass is 10.2. The molecule has 0 aliphatic carbocycles. The van der Waals surface area contributed by atoms with E-state index in [4.69, 9.17) is 11.6 Å². The largest absolute Gasteiger partial charge is 0.335 e. The zero-order valence-electron chi connectivity index (χ0n) is 12.6. The fraction of sp³-hybridized carbons (Fsp3) is 0.375. The van der Waals surface area contributed by atoms with Crippen LogP contribution in [0, 0.1) is 0 Å². The minimum atomic E-state index is 0.0531. The first-order valence-corrected chi connectivity index (χ1v) is 7.76. The van der Waals surface area contributed by atoms with E-state index < -0.39 is 0 Å². The molecule has 0 saturated carbocycles. The zero-order chi connectivity index (χ0) is 15.5. The molecule has 0 spiro atoms. The van der Waals surface area contributed by atoms with Gasteiger partial charge in [0.25, 0.3) is 5.91 Å². The molecule has 0 unspecified atom stereocenters. The maximum atomic E-state index is 12.4. The van der Waals surface area contributed by atoms with E-state index >= 15 is 0 Å². The molecule has 22 heavy (non-hydrogen) atoms. The first-order chi connectivity index (χ1) is 10.6. The Morgan fingerprint density at radius 2 is 1.91 bits per heavy atom. The maximum absolute atomic E-state index is 12.4.